The summed E-state index contributed by atoms with van der Waals surface area (Å²) in [5.41, 5.74) is 0. The van der Waals surface area contributed by atoms with Crippen LogP contribution >= 0.6 is 0 Å². The highest BCUT2D eigenvalue weighted by atomic mass is 16.7. The maximum atomic E-state index is 12.9. The van der Waals surface area contributed by atoms with Crippen molar-refractivity contribution < 1.29 is 39.8 Å². The zero-order valence-corrected chi connectivity index (χ0v) is 33.8. The molecule has 1 saturated heterocycles. The summed E-state index contributed by atoms with van der Waals surface area (Å²) in [5.74, 6) is -0.158. The van der Waals surface area contributed by atoms with Gasteiger partial charge in [-0.25, -0.2) is 0 Å². The molecule has 0 aromatic heterocycles. The second-order valence-electron chi connectivity index (χ2n) is 15.1. The van der Waals surface area contributed by atoms with Crippen LogP contribution in [0.4, 0.5) is 0 Å². The number of aliphatic hydroxyl groups excluding tert-OH is 5. The smallest absolute Gasteiger partial charge is 0.220 e. The first-order valence-corrected chi connectivity index (χ1v) is 21.7. The number of hydrogen-bond donors (Lipinski definition) is 6. The number of allylic oxidation sites excluding steroid dienone is 6. The van der Waals surface area contributed by atoms with Crippen LogP contribution in [0.1, 0.15) is 181 Å². The van der Waals surface area contributed by atoms with Crippen molar-refractivity contribution in [1.29, 1.82) is 0 Å². The second kappa shape index (κ2) is 34.9. The summed E-state index contributed by atoms with van der Waals surface area (Å²) in [4.78, 5) is 12.9. The lowest BCUT2D eigenvalue weighted by atomic mass is 9.99. The van der Waals surface area contributed by atoms with E-state index in [0.717, 1.165) is 57.8 Å². The first-order valence-electron chi connectivity index (χ1n) is 21.7. The molecule has 0 aromatic rings. The quantitative estimate of drug-likeness (QED) is 0.0279. The number of hydrogen-bond acceptors (Lipinski definition) is 8. The van der Waals surface area contributed by atoms with Gasteiger partial charge in [-0.05, 0) is 51.4 Å². The van der Waals surface area contributed by atoms with Gasteiger partial charge in [0.1, 0.15) is 24.4 Å². The van der Waals surface area contributed by atoms with Gasteiger partial charge < -0.3 is 40.3 Å². The van der Waals surface area contributed by atoms with Gasteiger partial charge in [0.2, 0.25) is 5.91 Å². The highest BCUT2D eigenvalue weighted by Crippen LogP contribution is 2.23. The van der Waals surface area contributed by atoms with Crippen molar-refractivity contribution in [3.05, 3.63) is 36.5 Å². The van der Waals surface area contributed by atoms with Crippen LogP contribution in [-0.4, -0.2) is 87.5 Å². The first kappa shape index (κ1) is 49.4. The molecule has 1 rings (SSSR count). The zero-order chi connectivity index (χ0) is 38.8. The van der Waals surface area contributed by atoms with E-state index in [-0.39, 0.29) is 12.5 Å². The second-order valence-corrected chi connectivity index (χ2v) is 15.1. The summed E-state index contributed by atoms with van der Waals surface area (Å²) in [6.45, 7) is 3.75. The predicted molar refractivity (Wildman–Crippen MR) is 216 cm³/mol. The van der Waals surface area contributed by atoms with E-state index in [0.29, 0.717) is 12.8 Å². The Hall–Kier alpha value is -1.59. The maximum Gasteiger partial charge on any atom is 0.220 e. The molecule has 9 nitrogen and oxygen atoms in total. The zero-order valence-electron chi connectivity index (χ0n) is 33.8. The normalized spacial score (nSPS) is 22.0. The molecule has 0 saturated carbocycles. The van der Waals surface area contributed by atoms with Gasteiger partial charge in [-0.15, -0.1) is 0 Å². The van der Waals surface area contributed by atoms with Crippen molar-refractivity contribution >= 4 is 5.91 Å². The Labute approximate surface area is 323 Å². The number of nitrogens with one attached hydrogen (secondary N) is 1. The molecular weight excluding hydrogens is 670 g/mol. The van der Waals surface area contributed by atoms with Crippen LogP contribution in [0.25, 0.3) is 0 Å². The number of carbonyl (C=O) groups excluding carboxylic acids is 1. The van der Waals surface area contributed by atoms with Gasteiger partial charge in [-0.3, -0.25) is 4.79 Å². The lowest BCUT2D eigenvalue weighted by Crippen LogP contribution is -2.60. The van der Waals surface area contributed by atoms with Crippen molar-refractivity contribution in [3.63, 3.8) is 0 Å². The fourth-order valence-electron chi connectivity index (χ4n) is 6.70. The van der Waals surface area contributed by atoms with Crippen molar-refractivity contribution in [2.75, 3.05) is 13.2 Å². The summed E-state index contributed by atoms with van der Waals surface area (Å²) in [6.07, 6.45) is 34.6. The first-order chi connectivity index (χ1) is 25.8. The molecule has 1 aliphatic heterocycles. The summed E-state index contributed by atoms with van der Waals surface area (Å²) in [5, 5.41) is 54.0. The standard InChI is InChI=1S/C44H81NO8/c1-3-5-7-9-11-12-13-14-15-16-17-18-19-20-21-22-23-24-25-26-28-30-32-34-40(48)45-37(38(47)33-31-29-27-10-8-6-4-2)36-52-44-43(51)42(50)41(49)39(35-46)53-44/h13-14,16-17,19-20,37-39,41-44,46-47,49-51H,3-12,15,18,21-36H2,1-2H3,(H,45,48)/b14-13-,17-16-,20-19-. The molecular formula is C44H81NO8. The average Bonchev–Trinajstić information content (AvgIpc) is 3.16. The molecule has 9 heteroatoms. The molecule has 0 aromatic carbocycles. The van der Waals surface area contributed by atoms with Gasteiger partial charge in [-0.2, -0.15) is 0 Å². The van der Waals surface area contributed by atoms with E-state index < -0.39 is 49.5 Å². The molecule has 1 aliphatic rings. The SMILES string of the molecule is CCCCCCC/C=C\C/C=C\C/C=C\CCCCCCCCCCC(=O)NC(COC1OC(CO)C(O)C(O)C1O)C(O)CCCCCCCCC. The highest BCUT2D eigenvalue weighted by Gasteiger charge is 2.44. The Morgan fingerprint density at radius 2 is 1.11 bits per heavy atom. The fraction of sp³-hybridized carbons (Fsp3) is 0.841. The Bertz CT molecular complexity index is 925. The van der Waals surface area contributed by atoms with Crippen molar-refractivity contribution in [1.82, 2.24) is 5.32 Å². The van der Waals surface area contributed by atoms with Crippen molar-refractivity contribution in [2.24, 2.45) is 0 Å². The number of amides is 1. The fourth-order valence-corrected chi connectivity index (χ4v) is 6.70. The number of ether oxygens (including phenoxy) is 2. The minimum Gasteiger partial charge on any atom is -0.394 e. The van der Waals surface area contributed by atoms with Gasteiger partial charge in [0.25, 0.3) is 0 Å². The third kappa shape index (κ3) is 26.0. The topological polar surface area (TPSA) is 149 Å². The number of aliphatic hydroxyl groups is 5. The van der Waals surface area contributed by atoms with Crippen LogP contribution in [0.3, 0.4) is 0 Å². The van der Waals surface area contributed by atoms with E-state index in [1.54, 1.807) is 0 Å². The molecule has 1 fully saturated rings. The number of rotatable bonds is 35. The van der Waals surface area contributed by atoms with Crippen molar-refractivity contribution in [2.45, 2.75) is 224 Å². The van der Waals surface area contributed by atoms with E-state index in [9.17, 15) is 30.3 Å². The van der Waals surface area contributed by atoms with Gasteiger partial charge in [-0.1, -0.05) is 159 Å². The van der Waals surface area contributed by atoms with Crippen LogP contribution < -0.4 is 5.32 Å². The van der Waals surface area contributed by atoms with Crippen LogP contribution in [0.2, 0.25) is 0 Å². The summed E-state index contributed by atoms with van der Waals surface area (Å²) in [7, 11) is 0. The molecule has 53 heavy (non-hydrogen) atoms. The molecule has 0 spiro atoms. The molecule has 310 valence electrons. The highest BCUT2D eigenvalue weighted by molar-refractivity contribution is 5.76. The summed E-state index contributed by atoms with van der Waals surface area (Å²) >= 11 is 0. The van der Waals surface area contributed by atoms with Crippen LogP contribution in [0, 0.1) is 0 Å². The van der Waals surface area contributed by atoms with E-state index in [2.05, 4.69) is 55.6 Å². The lowest BCUT2D eigenvalue weighted by Gasteiger charge is -2.40. The summed E-state index contributed by atoms with van der Waals surface area (Å²) in [6, 6.07) is -0.719. The van der Waals surface area contributed by atoms with E-state index in [1.165, 1.54) is 96.3 Å². The monoisotopic (exact) mass is 752 g/mol. The Kier molecular flexibility index (Phi) is 32.5. The lowest BCUT2D eigenvalue weighted by molar-refractivity contribution is -0.302. The van der Waals surface area contributed by atoms with Crippen LogP contribution in [0.15, 0.2) is 36.5 Å². The van der Waals surface area contributed by atoms with Gasteiger partial charge in [0, 0.05) is 6.42 Å². The predicted octanol–water partition coefficient (Wildman–Crippen LogP) is 8.50. The molecule has 1 heterocycles. The Balaban J connectivity index is 2.24. The van der Waals surface area contributed by atoms with E-state index in [1.807, 2.05) is 0 Å². The Morgan fingerprint density at radius 1 is 0.642 bits per heavy atom. The number of carbonyl (C=O) groups is 1. The van der Waals surface area contributed by atoms with Gasteiger partial charge in [0.05, 0.1) is 25.4 Å². The number of unbranched alkanes of at least 4 members (excludes halogenated alkanes) is 19. The largest absolute Gasteiger partial charge is 0.394 e. The van der Waals surface area contributed by atoms with Gasteiger partial charge >= 0.3 is 0 Å². The van der Waals surface area contributed by atoms with Crippen LogP contribution in [0.5, 0.6) is 0 Å². The van der Waals surface area contributed by atoms with Gasteiger partial charge in [0.15, 0.2) is 6.29 Å². The molecule has 7 atom stereocenters. The molecule has 0 radical (unpaired) electrons. The van der Waals surface area contributed by atoms with E-state index in [4.69, 9.17) is 9.47 Å². The maximum absolute atomic E-state index is 12.9. The third-order valence-electron chi connectivity index (χ3n) is 10.2. The minimum absolute atomic E-state index is 0.143. The molecule has 0 aliphatic carbocycles. The molecule has 0 bridgehead atoms. The molecule has 1 amide bonds. The average molecular weight is 752 g/mol. The summed E-state index contributed by atoms with van der Waals surface area (Å²) < 4.78 is 11.2. The van der Waals surface area contributed by atoms with Crippen LogP contribution in [-0.2, 0) is 14.3 Å². The third-order valence-corrected chi connectivity index (χ3v) is 10.2. The molecule has 7 unspecified atom stereocenters. The Morgan fingerprint density at radius 3 is 1.64 bits per heavy atom. The molecule has 6 N–H and O–H groups in total. The minimum atomic E-state index is -1.55. The van der Waals surface area contributed by atoms with E-state index >= 15 is 0 Å². The van der Waals surface area contributed by atoms with Crippen molar-refractivity contribution in [3.8, 4) is 0 Å².